The van der Waals surface area contributed by atoms with Crippen LogP contribution in [0.25, 0.3) is 21.8 Å². The SMILES string of the molecule is CC(C)CCn1c(SCc2nc3ccccc3c(=O)[nH]2)nc2cc(Cl)ccc2c1=O. The van der Waals surface area contributed by atoms with Crippen LogP contribution in [0.3, 0.4) is 0 Å². The number of nitrogens with zero attached hydrogens (tertiary/aromatic N) is 3. The minimum atomic E-state index is -0.174. The van der Waals surface area contributed by atoms with Crippen LogP contribution in [0.15, 0.2) is 57.2 Å². The number of halogens is 1. The molecule has 154 valence electrons. The molecule has 0 spiro atoms. The lowest BCUT2D eigenvalue weighted by molar-refractivity contribution is 0.481. The first-order valence-corrected chi connectivity index (χ1v) is 11.1. The lowest BCUT2D eigenvalue weighted by Crippen LogP contribution is -2.24. The normalized spacial score (nSPS) is 11.6. The Morgan fingerprint density at radius 3 is 2.67 bits per heavy atom. The average molecular weight is 441 g/mol. The van der Waals surface area contributed by atoms with E-state index in [-0.39, 0.29) is 11.1 Å². The van der Waals surface area contributed by atoms with Gasteiger partial charge in [-0.3, -0.25) is 14.2 Å². The summed E-state index contributed by atoms with van der Waals surface area (Å²) >= 11 is 7.49. The monoisotopic (exact) mass is 440 g/mol. The molecule has 0 aliphatic rings. The highest BCUT2D eigenvalue weighted by Crippen LogP contribution is 2.23. The van der Waals surface area contributed by atoms with Crippen molar-refractivity contribution in [3.63, 3.8) is 0 Å². The molecule has 0 aliphatic heterocycles. The van der Waals surface area contributed by atoms with Gasteiger partial charge in [0.05, 0.1) is 27.6 Å². The van der Waals surface area contributed by atoms with Gasteiger partial charge in [0.15, 0.2) is 5.16 Å². The highest BCUT2D eigenvalue weighted by Gasteiger charge is 2.14. The molecule has 4 rings (SSSR count). The number of H-pyrrole nitrogens is 1. The van der Waals surface area contributed by atoms with Crippen molar-refractivity contribution in [2.24, 2.45) is 5.92 Å². The number of hydrogen-bond donors (Lipinski definition) is 1. The van der Waals surface area contributed by atoms with Crippen LogP contribution in [0.4, 0.5) is 0 Å². The van der Waals surface area contributed by atoms with Gasteiger partial charge in [-0.05, 0) is 42.7 Å². The number of nitrogens with one attached hydrogen (secondary N) is 1. The summed E-state index contributed by atoms with van der Waals surface area (Å²) in [6.07, 6.45) is 0.860. The number of para-hydroxylation sites is 1. The van der Waals surface area contributed by atoms with E-state index in [9.17, 15) is 9.59 Å². The molecule has 0 saturated carbocycles. The molecule has 0 aliphatic carbocycles. The average Bonchev–Trinajstić information content (AvgIpc) is 2.71. The Bertz CT molecular complexity index is 1350. The number of aromatic amines is 1. The Labute approximate surface area is 182 Å². The molecule has 30 heavy (non-hydrogen) atoms. The maximum atomic E-state index is 13.1. The molecule has 8 heteroatoms. The van der Waals surface area contributed by atoms with Crippen LogP contribution in [0.1, 0.15) is 26.1 Å². The standard InChI is InChI=1S/C22H21ClN4O2S/c1-13(2)9-10-27-21(29)16-8-7-14(23)11-18(16)25-22(27)30-12-19-24-17-6-4-3-5-15(17)20(28)26-19/h3-8,11,13H,9-10,12H2,1-2H3,(H,24,26,28). The number of benzene rings is 2. The highest BCUT2D eigenvalue weighted by molar-refractivity contribution is 7.98. The molecular weight excluding hydrogens is 420 g/mol. The molecule has 0 unspecified atom stereocenters. The van der Waals surface area contributed by atoms with Gasteiger partial charge in [0.2, 0.25) is 0 Å². The van der Waals surface area contributed by atoms with Gasteiger partial charge in [0.25, 0.3) is 11.1 Å². The summed E-state index contributed by atoms with van der Waals surface area (Å²) in [5, 5.41) is 2.22. The van der Waals surface area contributed by atoms with E-state index in [0.29, 0.717) is 56.0 Å². The van der Waals surface area contributed by atoms with Crippen molar-refractivity contribution in [1.29, 1.82) is 0 Å². The summed E-state index contributed by atoms with van der Waals surface area (Å²) in [5.41, 5.74) is 0.953. The van der Waals surface area contributed by atoms with Gasteiger partial charge in [-0.15, -0.1) is 0 Å². The van der Waals surface area contributed by atoms with Gasteiger partial charge in [-0.25, -0.2) is 9.97 Å². The maximum Gasteiger partial charge on any atom is 0.262 e. The van der Waals surface area contributed by atoms with Crippen molar-refractivity contribution in [1.82, 2.24) is 19.5 Å². The molecule has 1 N–H and O–H groups in total. The summed E-state index contributed by atoms with van der Waals surface area (Å²) < 4.78 is 1.71. The van der Waals surface area contributed by atoms with Crippen molar-refractivity contribution in [3.05, 3.63) is 74.0 Å². The molecule has 0 bridgehead atoms. The summed E-state index contributed by atoms with van der Waals surface area (Å²) in [4.78, 5) is 37.5. The van der Waals surface area contributed by atoms with Gasteiger partial charge in [0.1, 0.15) is 5.82 Å². The number of fused-ring (bicyclic) bond motifs is 2. The van der Waals surface area contributed by atoms with Crippen molar-refractivity contribution < 1.29 is 0 Å². The van der Waals surface area contributed by atoms with Crippen LogP contribution in [0.5, 0.6) is 0 Å². The summed E-state index contributed by atoms with van der Waals surface area (Å²) in [7, 11) is 0. The third-order valence-corrected chi connectivity index (χ3v) is 6.04. The van der Waals surface area contributed by atoms with Crippen LogP contribution < -0.4 is 11.1 Å². The number of rotatable bonds is 6. The summed E-state index contributed by atoms with van der Waals surface area (Å²) in [6, 6.07) is 12.3. The third-order valence-electron chi connectivity index (χ3n) is 4.81. The van der Waals surface area contributed by atoms with Crippen molar-refractivity contribution in [2.75, 3.05) is 0 Å². The Morgan fingerprint density at radius 2 is 1.87 bits per heavy atom. The quantitative estimate of drug-likeness (QED) is 0.349. The first-order chi connectivity index (χ1) is 14.4. The zero-order valence-corrected chi connectivity index (χ0v) is 18.3. The predicted octanol–water partition coefficient (Wildman–Crippen LogP) is 4.62. The van der Waals surface area contributed by atoms with Gasteiger partial charge >= 0.3 is 0 Å². The first-order valence-electron chi connectivity index (χ1n) is 9.73. The summed E-state index contributed by atoms with van der Waals surface area (Å²) in [5.74, 6) is 1.38. The predicted molar refractivity (Wildman–Crippen MR) is 122 cm³/mol. The molecule has 6 nitrogen and oxygen atoms in total. The van der Waals surface area contributed by atoms with E-state index in [1.54, 1.807) is 28.8 Å². The second kappa shape index (κ2) is 8.62. The lowest BCUT2D eigenvalue weighted by Gasteiger charge is -2.14. The zero-order valence-electron chi connectivity index (χ0n) is 16.7. The zero-order chi connectivity index (χ0) is 21.3. The van der Waals surface area contributed by atoms with Crippen molar-refractivity contribution in [3.8, 4) is 0 Å². The second-order valence-electron chi connectivity index (χ2n) is 7.51. The van der Waals surface area contributed by atoms with E-state index < -0.39 is 0 Å². The van der Waals surface area contributed by atoms with E-state index in [1.165, 1.54) is 11.8 Å². The van der Waals surface area contributed by atoms with Crippen molar-refractivity contribution in [2.45, 2.75) is 37.7 Å². The molecule has 0 fully saturated rings. The highest BCUT2D eigenvalue weighted by atomic mass is 35.5. The van der Waals surface area contributed by atoms with E-state index in [2.05, 4.69) is 23.8 Å². The van der Waals surface area contributed by atoms with Crippen LogP contribution >= 0.6 is 23.4 Å². The molecule has 0 amide bonds. The Morgan fingerprint density at radius 1 is 1.07 bits per heavy atom. The van der Waals surface area contributed by atoms with E-state index in [0.717, 1.165) is 6.42 Å². The minimum Gasteiger partial charge on any atom is -0.309 e. The fourth-order valence-electron chi connectivity index (χ4n) is 3.20. The first kappa shape index (κ1) is 20.6. The molecule has 0 atom stereocenters. The molecule has 2 aromatic heterocycles. The number of aromatic nitrogens is 4. The second-order valence-corrected chi connectivity index (χ2v) is 8.89. The third kappa shape index (κ3) is 4.27. The van der Waals surface area contributed by atoms with E-state index in [1.807, 2.05) is 18.2 Å². The van der Waals surface area contributed by atoms with E-state index in [4.69, 9.17) is 16.6 Å². The number of hydrogen-bond acceptors (Lipinski definition) is 5. The van der Waals surface area contributed by atoms with E-state index >= 15 is 0 Å². The summed E-state index contributed by atoms with van der Waals surface area (Å²) in [6.45, 7) is 4.82. The van der Waals surface area contributed by atoms with Crippen LogP contribution in [0, 0.1) is 5.92 Å². The van der Waals surface area contributed by atoms with Gasteiger partial charge in [0, 0.05) is 11.6 Å². The lowest BCUT2D eigenvalue weighted by atomic mass is 10.1. The molecule has 4 aromatic rings. The molecular formula is C22H21ClN4O2S. The Hall–Kier alpha value is -2.64. The van der Waals surface area contributed by atoms with Crippen LogP contribution in [-0.4, -0.2) is 19.5 Å². The van der Waals surface area contributed by atoms with Gasteiger partial charge < -0.3 is 4.98 Å². The van der Waals surface area contributed by atoms with Gasteiger partial charge in [-0.1, -0.05) is 49.3 Å². The Kier molecular flexibility index (Phi) is 5.92. The fraction of sp³-hybridized carbons (Fsp3) is 0.273. The fourth-order valence-corrected chi connectivity index (χ4v) is 4.27. The molecule has 0 saturated heterocycles. The minimum absolute atomic E-state index is 0.0835. The topological polar surface area (TPSA) is 80.6 Å². The molecule has 0 radical (unpaired) electrons. The van der Waals surface area contributed by atoms with Crippen molar-refractivity contribution >= 4 is 45.2 Å². The largest absolute Gasteiger partial charge is 0.309 e. The number of thioether (sulfide) groups is 1. The molecule has 2 heterocycles. The van der Waals surface area contributed by atoms with Crippen LogP contribution in [0.2, 0.25) is 5.02 Å². The smallest absolute Gasteiger partial charge is 0.262 e. The van der Waals surface area contributed by atoms with Crippen LogP contribution in [-0.2, 0) is 12.3 Å². The molecule has 2 aromatic carbocycles. The maximum absolute atomic E-state index is 13.1. The Balaban J connectivity index is 1.72. The van der Waals surface area contributed by atoms with Gasteiger partial charge in [-0.2, -0.15) is 0 Å².